The smallest absolute Gasteiger partial charge is 0.225 e. The van der Waals surface area contributed by atoms with Crippen LogP contribution in [-0.4, -0.2) is 23.1 Å². The van der Waals surface area contributed by atoms with Gasteiger partial charge in [-0.2, -0.15) is 0 Å². The maximum absolute atomic E-state index is 5.83. The summed E-state index contributed by atoms with van der Waals surface area (Å²) in [5.74, 6) is 2.99. The minimum absolute atomic E-state index is 0.488. The molecular weight excluding hydrogens is 246 g/mol. The van der Waals surface area contributed by atoms with Gasteiger partial charge in [-0.25, -0.2) is 9.97 Å². The average molecular weight is 268 g/mol. The fourth-order valence-corrected chi connectivity index (χ4v) is 2.79. The molecule has 0 aliphatic carbocycles. The van der Waals surface area contributed by atoms with Crippen molar-refractivity contribution in [2.75, 3.05) is 18.0 Å². The first-order valence-corrected chi connectivity index (χ1v) is 7.28. The molecule has 3 nitrogen and oxygen atoms in total. The van der Waals surface area contributed by atoms with Crippen LogP contribution < -0.4 is 4.90 Å². The van der Waals surface area contributed by atoms with Crippen molar-refractivity contribution >= 4 is 17.5 Å². The zero-order valence-corrected chi connectivity index (χ0v) is 12.2. The average Bonchev–Trinajstić information content (AvgIpc) is 2.38. The van der Waals surface area contributed by atoms with Gasteiger partial charge in [0.2, 0.25) is 5.95 Å². The second kappa shape index (κ2) is 5.87. The number of piperidine rings is 1. The first kappa shape index (κ1) is 13.6. The lowest BCUT2D eigenvalue weighted by Crippen LogP contribution is -2.36. The number of hydrogen-bond acceptors (Lipinski definition) is 3. The van der Waals surface area contributed by atoms with E-state index < -0.39 is 0 Å². The summed E-state index contributed by atoms with van der Waals surface area (Å²) in [4.78, 5) is 11.3. The monoisotopic (exact) mass is 267 g/mol. The Kier molecular flexibility index (Phi) is 4.44. The van der Waals surface area contributed by atoms with Crippen LogP contribution in [0.4, 0.5) is 5.95 Å². The predicted molar refractivity (Wildman–Crippen MR) is 76.1 cm³/mol. The summed E-state index contributed by atoms with van der Waals surface area (Å²) in [5, 5.41) is 0. The molecule has 4 heteroatoms. The van der Waals surface area contributed by atoms with Crippen molar-refractivity contribution < 1.29 is 0 Å². The van der Waals surface area contributed by atoms with Gasteiger partial charge in [0.05, 0.1) is 5.88 Å². The van der Waals surface area contributed by atoms with E-state index in [1.807, 2.05) is 13.1 Å². The van der Waals surface area contributed by atoms with Crippen molar-refractivity contribution in [1.82, 2.24) is 9.97 Å². The molecule has 0 radical (unpaired) electrons. The van der Waals surface area contributed by atoms with Crippen LogP contribution >= 0.6 is 11.6 Å². The summed E-state index contributed by atoms with van der Waals surface area (Å²) in [5.41, 5.74) is 2.03. The van der Waals surface area contributed by atoms with Gasteiger partial charge >= 0.3 is 0 Å². The van der Waals surface area contributed by atoms with E-state index in [4.69, 9.17) is 11.6 Å². The van der Waals surface area contributed by atoms with E-state index in [0.29, 0.717) is 5.88 Å². The van der Waals surface area contributed by atoms with E-state index in [-0.39, 0.29) is 0 Å². The van der Waals surface area contributed by atoms with E-state index in [9.17, 15) is 0 Å². The zero-order valence-electron chi connectivity index (χ0n) is 11.5. The standard InChI is InChI=1S/C14H22ClN3/c1-10(2)12-4-6-18(7-5-12)14-16-9-13(8-15)11(3)17-14/h9-10,12H,4-8H2,1-3H3. The first-order valence-electron chi connectivity index (χ1n) is 6.75. The van der Waals surface area contributed by atoms with E-state index in [2.05, 4.69) is 28.7 Å². The Morgan fingerprint density at radius 2 is 2.06 bits per heavy atom. The molecule has 0 N–H and O–H groups in total. The van der Waals surface area contributed by atoms with Crippen molar-refractivity contribution in [2.45, 2.75) is 39.5 Å². The van der Waals surface area contributed by atoms with Gasteiger partial charge in [0.25, 0.3) is 0 Å². The van der Waals surface area contributed by atoms with Crippen LogP contribution in [-0.2, 0) is 5.88 Å². The number of rotatable bonds is 3. The molecule has 0 saturated carbocycles. The van der Waals surface area contributed by atoms with E-state index >= 15 is 0 Å². The first-order chi connectivity index (χ1) is 8.61. The topological polar surface area (TPSA) is 29.0 Å². The van der Waals surface area contributed by atoms with Crippen LogP contribution in [0.3, 0.4) is 0 Å². The quantitative estimate of drug-likeness (QED) is 0.786. The van der Waals surface area contributed by atoms with Crippen LogP contribution in [0.15, 0.2) is 6.20 Å². The molecule has 0 aromatic carbocycles. The van der Waals surface area contributed by atoms with Crippen LogP contribution in [0.5, 0.6) is 0 Å². The Labute approximate surface area is 115 Å². The van der Waals surface area contributed by atoms with E-state index in [0.717, 1.165) is 42.1 Å². The van der Waals surface area contributed by atoms with Crippen molar-refractivity contribution in [3.8, 4) is 0 Å². The van der Waals surface area contributed by atoms with Crippen molar-refractivity contribution in [1.29, 1.82) is 0 Å². The lowest BCUT2D eigenvalue weighted by Gasteiger charge is -2.34. The molecular formula is C14H22ClN3. The van der Waals surface area contributed by atoms with Gasteiger partial charge < -0.3 is 4.90 Å². The Hall–Kier alpha value is -0.830. The third-order valence-electron chi connectivity index (χ3n) is 3.98. The number of aromatic nitrogens is 2. The molecule has 0 amide bonds. The van der Waals surface area contributed by atoms with Gasteiger partial charge in [-0.3, -0.25) is 0 Å². The number of aryl methyl sites for hydroxylation is 1. The van der Waals surface area contributed by atoms with Crippen molar-refractivity contribution in [3.05, 3.63) is 17.5 Å². The predicted octanol–water partition coefficient (Wildman–Crippen LogP) is 3.40. The lowest BCUT2D eigenvalue weighted by molar-refractivity contribution is 0.310. The number of halogens is 1. The molecule has 1 saturated heterocycles. The highest BCUT2D eigenvalue weighted by Gasteiger charge is 2.23. The maximum atomic E-state index is 5.83. The molecule has 1 fully saturated rings. The fourth-order valence-electron chi connectivity index (χ4n) is 2.53. The molecule has 18 heavy (non-hydrogen) atoms. The van der Waals surface area contributed by atoms with Gasteiger partial charge in [-0.15, -0.1) is 11.6 Å². The van der Waals surface area contributed by atoms with Crippen LogP contribution in [0, 0.1) is 18.8 Å². The summed E-state index contributed by atoms with van der Waals surface area (Å²) in [6.07, 6.45) is 4.36. The molecule has 0 spiro atoms. The van der Waals surface area contributed by atoms with Crippen molar-refractivity contribution in [3.63, 3.8) is 0 Å². The Bertz CT molecular complexity index is 398. The molecule has 1 aromatic rings. The third kappa shape index (κ3) is 2.94. The molecule has 0 unspecified atom stereocenters. The minimum Gasteiger partial charge on any atom is -0.341 e. The third-order valence-corrected chi connectivity index (χ3v) is 4.27. The van der Waals surface area contributed by atoms with Gasteiger partial charge in [0, 0.05) is 30.5 Å². The second-order valence-electron chi connectivity index (χ2n) is 5.48. The Morgan fingerprint density at radius 3 is 2.56 bits per heavy atom. The van der Waals surface area contributed by atoms with Gasteiger partial charge in [-0.1, -0.05) is 13.8 Å². The molecule has 0 bridgehead atoms. The van der Waals surface area contributed by atoms with Gasteiger partial charge in [0.15, 0.2) is 0 Å². The Morgan fingerprint density at radius 1 is 1.39 bits per heavy atom. The zero-order chi connectivity index (χ0) is 13.1. The fraction of sp³-hybridized carbons (Fsp3) is 0.714. The molecule has 2 heterocycles. The van der Waals surface area contributed by atoms with Crippen molar-refractivity contribution in [2.24, 2.45) is 11.8 Å². The lowest BCUT2D eigenvalue weighted by atomic mass is 9.87. The SMILES string of the molecule is Cc1nc(N2CCC(C(C)C)CC2)ncc1CCl. The van der Waals surface area contributed by atoms with Crippen LogP contribution in [0.2, 0.25) is 0 Å². The summed E-state index contributed by atoms with van der Waals surface area (Å²) < 4.78 is 0. The normalized spacial score (nSPS) is 17.5. The maximum Gasteiger partial charge on any atom is 0.225 e. The van der Waals surface area contributed by atoms with Gasteiger partial charge in [0.1, 0.15) is 0 Å². The summed E-state index contributed by atoms with van der Waals surface area (Å²) in [6.45, 7) is 8.78. The van der Waals surface area contributed by atoms with E-state index in [1.165, 1.54) is 12.8 Å². The highest BCUT2D eigenvalue weighted by Crippen LogP contribution is 2.26. The molecule has 2 rings (SSSR count). The number of alkyl halides is 1. The molecule has 0 atom stereocenters. The second-order valence-corrected chi connectivity index (χ2v) is 5.75. The molecule has 1 aliphatic rings. The Balaban J connectivity index is 2.03. The number of anilines is 1. The van der Waals surface area contributed by atoms with Crippen LogP contribution in [0.1, 0.15) is 37.9 Å². The summed E-state index contributed by atoms with van der Waals surface area (Å²) in [7, 11) is 0. The number of nitrogens with zero attached hydrogens (tertiary/aromatic N) is 3. The molecule has 100 valence electrons. The summed E-state index contributed by atoms with van der Waals surface area (Å²) >= 11 is 5.83. The van der Waals surface area contributed by atoms with E-state index in [1.54, 1.807) is 0 Å². The molecule has 1 aromatic heterocycles. The minimum atomic E-state index is 0.488. The number of hydrogen-bond donors (Lipinski definition) is 0. The largest absolute Gasteiger partial charge is 0.341 e. The summed E-state index contributed by atoms with van der Waals surface area (Å²) in [6, 6.07) is 0. The highest BCUT2D eigenvalue weighted by atomic mass is 35.5. The highest BCUT2D eigenvalue weighted by molar-refractivity contribution is 6.17. The van der Waals surface area contributed by atoms with Crippen LogP contribution in [0.25, 0.3) is 0 Å². The van der Waals surface area contributed by atoms with Gasteiger partial charge in [-0.05, 0) is 31.6 Å². The molecule has 1 aliphatic heterocycles.